The maximum atomic E-state index is 12.2. The van der Waals surface area contributed by atoms with Gasteiger partial charge in [0.15, 0.2) is 6.23 Å². The van der Waals surface area contributed by atoms with Crippen LogP contribution in [-0.4, -0.2) is 50.3 Å². The number of anilines is 1. The first-order chi connectivity index (χ1) is 17.8. The maximum absolute atomic E-state index is 12.2. The number of azide groups is 1. The lowest BCUT2D eigenvalue weighted by atomic mass is 10.0. The predicted molar refractivity (Wildman–Crippen MR) is 138 cm³/mol. The third kappa shape index (κ3) is 9.62. The van der Waals surface area contributed by atoms with E-state index in [1.165, 1.54) is 70.1 Å². The van der Waals surface area contributed by atoms with Crippen LogP contribution in [0.3, 0.4) is 0 Å². The standard InChI is InChI=1S/C25H42N6O6/c1-2-3-4-5-6-7-8-9-10-11-12-13-14-15-20(32)36-18-25(29-30-27)22(34)21(33)23(37-25)31-17-16-19(26)28-24(31)35/h16-17,21-23,33-34H,2-15,18H2,1H3,(H2,26,28,35)/t21-,22-,23+,25+/m0/s1. The first kappa shape index (κ1) is 30.6. The molecule has 1 saturated heterocycles. The minimum absolute atomic E-state index is 0.0299. The molecule has 4 N–H and O–H groups in total. The third-order valence-corrected chi connectivity index (χ3v) is 6.67. The van der Waals surface area contributed by atoms with E-state index in [2.05, 4.69) is 21.9 Å². The summed E-state index contributed by atoms with van der Waals surface area (Å²) in [6.07, 6.45) is 12.1. The molecule has 12 nitrogen and oxygen atoms in total. The van der Waals surface area contributed by atoms with Gasteiger partial charge in [0.1, 0.15) is 24.6 Å². The number of carbonyl (C=O) groups excluding carboxylic acids is 1. The van der Waals surface area contributed by atoms with E-state index < -0.39 is 42.4 Å². The molecule has 0 aliphatic carbocycles. The molecule has 0 spiro atoms. The first-order valence-corrected chi connectivity index (χ1v) is 13.4. The van der Waals surface area contributed by atoms with Crippen molar-refractivity contribution in [2.45, 2.75) is 121 Å². The fourth-order valence-electron chi connectivity index (χ4n) is 4.46. The number of aliphatic hydroxyl groups is 2. The Kier molecular flexibility index (Phi) is 13.4. The second-order valence-electron chi connectivity index (χ2n) is 9.67. The SMILES string of the molecule is CCCCCCCCCCCCCCCC(=O)OC[C@@]1(N=[N+]=[N-])O[C@@H](n2ccc(N)nc2=O)[C@@H](O)[C@@H]1O. The zero-order valence-electron chi connectivity index (χ0n) is 21.8. The molecule has 0 bridgehead atoms. The normalized spacial score (nSPS) is 23.1. The van der Waals surface area contributed by atoms with Crippen molar-refractivity contribution in [1.82, 2.24) is 9.55 Å². The molecule has 0 unspecified atom stereocenters. The molecule has 0 aromatic carbocycles. The molecule has 12 heteroatoms. The number of nitrogen functional groups attached to an aromatic ring is 1. The summed E-state index contributed by atoms with van der Waals surface area (Å²) < 4.78 is 11.7. The number of unbranched alkanes of at least 4 members (excludes halogenated alkanes) is 12. The van der Waals surface area contributed by atoms with Crippen LogP contribution in [0.1, 0.15) is 103 Å². The lowest BCUT2D eigenvalue weighted by Crippen LogP contribution is -2.45. The Labute approximate surface area is 217 Å². The van der Waals surface area contributed by atoms with Crippen molar-refractivity contribution in [2.24, 2.45) is 5.11 Å². The van der Waals surface area contributed by atoms with E-state index in [1.54, 1.807) is 0 Å². The van der Waals surface area contributed by atoms with Crippen molar-refractivity contribution in [3.63, 3.8) is 0 Å². The van der Waals surface area contributed by atoms with Crippen LogP contribution in [0, 0.1) is 0 Å². The van der Waals surface area contributed by atoms with Gasteiger partial charge in [-0.25, -0.2) is 4.79 Å². The number of nitrogens with two attached hydrogens (primary N) is 1. The van der Waals surface area contributed by atoms with E-state index in [4.69, 9.17) is 20.7 Å². The number of carbonyl (C=O) groups is 1. The highest BCUT2D eigenvalue weighted by atomic mass is 16.6. The molecule has 37 heavy (non-hydrogen) atoms. The summed E-state index contributed by atoms with van der Waals surface area (Å²) in [7, 11) is 0. The van der Waals surface area contributed by atoms with Crippen molar-refractivity contribution in [3.05, 3.63) is 33.2 Å². The highest BCUT2D eigenvalue weighted by molar-refractivity contribution is 5.69. The Morgan fingerprint density at radius 2 is 1.70 bits per heavy atom. The molecule has 1 aromatic rings. The fourth-order valence-corrected chi connectivity index (χ4v) is 4.46. The van der Waals surface area contributed by atoms with Crippen LogP contribution in [0.25, 0.3) is 10.4 Å². The predicted octanol–water partition coefficient (Wildman–Crippen LogP) is 4.11. The zero-order chi connectivity index (χ0) is 27.1. The highest BCUT2D eigenvalue weighted by Gasteiger charge is 2.56. The van der Waals surface area contributed by atoms with Crippen LogP contribution in [0.15, 0.2) is 22.2 Å². The summed E-state index contributed by atoms with van der Waals surface area (Å²) in [5.74, 6) is -0.562. The molecule has 1 fully saturated rings. The van der Waals surface area contributed by atoms with Crippen LogP contribution in [-0.2, 0) is 14.3 Å². The first-order valence-electron chi connectivity index (χ1n) is 13.4. The summed E-state index contributed by atoms with van der Waals surface area (Å²) in [6.45, 7) is 1.62. The Balaban J connectivity index is 1.69. The number of hydrogen-bond acceptors (Lipinski definition) is 9. The van der Waals surface area contributed by atoms with Crippen molar-refractivity contribution in [2.75, 3.05) is 12.3 Å². The molecule has 1 aromatic heterocycles. The maximum Gasteiger partial charge on any atom is 0.351 e. The number of aromatic nitrogens is 2. The van der Waals surface area contributed by atoms with Gasteiger partial charge in [-0.3, -0.25) is 9.36 Å². The smallest absolute Gasteiger partial charge is 0.351 e. The van der Waals surface area contributed by atoms with Gasteiger partial charge in [-0.1, -0.05) is 89.1 Å². The van der Waals surface area contributed by atoms with Gasteiger partial charge in [-0.2, -0.15) is 4.98 Å². The summed E-state index contributed by atoms with van der Waals surface area (Å²) in [5.41, 5.74) is 11.6. The molecule has 0 radical (unpaired) electrons. The Hall–Kier alpha value is -2.66. The number of aliphatic hydroxyl groups excluding tert-OH is 2. The van der Waals surface area contributed by atoms with Crippen LogP contribution in [0.5, 0.6) is 0 Å². The third-order valence-electron chi connectivity index (χ3n) is 6.67. The van der Waals surface area contributed by atoms with E-state index in [0.717, 1.165) is 23.8 Å². The van der Waals surface area contributed by atoms with Crippen molar-refractivity contribution >= 4 is 11.8 Å². The van der Waals surface area contributed by atoms with Gasteiger partial charge in [0.2, 0.25) is 5.72 Å². The second kappa shape index (κ2) is 16.2. The molecule has 1 aliphatic heterocycles. The van der Waals surface area contributed by atoms with Gasteiger partial charge in [-0.05, 0) is 18.0 Å². The van der Waals surface area contributed by atoms with Gasteiger partial charge >= 0.3 is 11.7 Å². The van der Waals surface area contributed by atoms with E-state index in [9.17, 15) is 19.8 Å². The number of hydrogen-bond donors (Lipinski definition) is 3. The quantitative estimate of drug-likeness (QED) is 0.0844. The second-order valence-corrected chi connectivity index (χ2v) is 9.67. The Morgan fingerprint density at radius 1 is 1.14 bits per heavy atom. The van der Waals surface area contributed by atoms with Crippen molar-refractivity contribution in [3.8, 4) is 0 Å². The molecule has 208 valence electrons. The van der Waals surface area contributed by atoms with E-state index >= 15 is 0 Å². The Bertz CT molecular complexity index is 936. The molecule has 2 heterocycles. The molecule has 0 saturated carbocycles. The average molecular weight is 523 g/mol. The van der Waals surface area contributed by atoms with E-state index in [0.29, 0.717) is 6.42 Å². The topological polar surface area (TPSA) is 186 Å². The molecular formula is C25H42N6O6. The number of ether oxygens (including phenoxy) is 2. The van der Waals surface area contributed by atoms with E-state index in [-0.39, 0.29) is 12.2 Å². The summed E-state index contributed by atoms with van der Waals surface area (Å²) in [6, 6.07) is 1.31. The Morgan fingerprint density at radius 3 is 2.24 bits per heavy atom. The van der Waals surface area contributed by atoms with E-state index in [1.807, 2.05) is 0 Å². The summed E-state index contributed by atoms with van der Waals surface area (Å²) in [5, 5.41) is 24.4. The summed E-state index contributed by atoms with van der Waals surface area (Å²) in [4.78, 5) is 30.6. The molecule has 0 amide bonds. The molecule has 1 aliphatic rings. The van der Waals surface area contributed by atoms with Gasteiger partial charge in [-0.15, -0.1) is 0 Å². The highest BCUT2D eigenvalue weighted by Crippen LogP contribution is 2.38. The van der Waals surface area contributed by atoms with Gasteiger partial charge < -0.3 is 25.4 Å². The zero-order valence-corrected chi connectivity index (χ0v) is 21.8. The monoisotopic (exact) mass is 522 g/mol. The minimum atomic E-state index is -2.09. The lowest BCUT2D eigenvalue weighted by Gasteiger charge is -2.26. The van der Waals surface area contributed by atoms with Gasteiger partial charge in [0.25, 0.3) is 0 Å². The van der Waals surface area contributed by atoms with Crippen molar-refractivity contribution < 1.29 is 24.5 Å². The molecule has 2 rings (SSSR count). The van der Waals surface area contributed by atoms with Crippen LogP contribution >= 0.6 is 0 Å². The fraction of sp³-hybridized carbons (Fsp3) is 0.800. The minimum Gasteiger partial charge on any atom is -0.462 e. The summed E-state index contributed by atoms with van der Waals surface area (Å²) >= 11 is 0. The number of esters is 1. The number of rotatable bonds is 18. The lowest BCUT2D eigenvalue weighted by molar-refractivity contribution is -0.165. The molecule has 4 atom stereocenters. The van der Waals surface area contributed by atoms with Gasteiger partial charge in [0, 0.05) is 17.5 Å². The number of nitrogens with zero attached hydrogens (tertiary/aromatic N) is 5. The average Bonchev–Trinajstić information content (AvgIpc) is 3.11. The van der Waals surface area contributed by atoms with Crippen molar-refractivity contribution in [1.29, 1.82) is 0 Å². The molecular weight excluding hydrogens is 480 g/mol. The van der Waals surface area contributed by atoms with Crippen LogP contribution in [0.4, 0.5) is 5.82 Å². The largest absolute Gasteiger partial charge is 0.462 e. The van der Waals surface area contributed by atoms with Gasteiger partial charge in [0.05, 0.1) is 0 Å². The van der Waals surface area contributed by atoms with Crippen LogP contribution in [0.2, 0.25) is 0 Å². The van der Waals surface area contributed by atoms with Crippen LogP contribution < -0.4 is 11.4 Å².